The maximum atomic E-state index is 14.6. The Kier molecular flexibility index (Phi) is 5.53. The number of nitrogens with zero attached hydrogens (tertiary/aromatic N) is 3. The van der Waals surface area contributed by atoms with E-state index in [4.69, 9.17) is 0 Å². The molecule has 0 unspecified atom stereocenters. The molecular formula is C30H25FN6. The van der Waals surface area contributed by atoms with Gasteiger partial charge in [0.05, 0.1) is 34.8 Å². The molecular weight excluding hydrogens is 463 g/mol. The van der Waals surface area contributed by atoms with Crippen LogP contribution in [0.4, 0.5) is 10.1 Å². The summed E-state index contributed by atoms with van der Waals surface area (Å²) in [6.07, 6.45) is 7.09. The van der Waals surface area contributed by atoms with Crippen molar-refractivity contribution < 1.29 is 4.39 Å². The van der Waals surface area contributed by atoms with Gasteiger partial charge in [-0.05, 0) is 41.8 Å². The van der Waals surface area contributed by atoms with Crippen LogP contribution in [0, 0.1) is 11.7 Å². The standard InChI is InChI=1S/C30H25FN6/c1-17(2)18(3)34-21-10-20(13-32-14-21)19-8-9-27-24(11-19)30(37-36-27)28-12-23-25(15-33-16-29(23)35-28)22-6-4-5-7-26(22)31/h4-17,34-35H,3H2,1-2H3,(H,36,37). The van der Waals surface area contributed by atoms with Crippen molar-refractivity contribution in [3.63, 3.8) is 0 Å². The fraction of sp³-hybridized carbons (Fsp3) is 0.100. The molecule has 3 N–H and O–H groups in total. The van der Waals surface area contributed by atoms with Crippen molar-refractivity contribution in [3.05, 3.63) is 97.5 Å². The first kappa shape index (κ1) is 22.7. The molecule has 0 radical (unpaired) electrons. The summed E-state index contributed by atoms with van der Waals surface area (Å²) in [5.74, 6) is 0.0376. The molecule has 2 aromatic carbocycles. The zero-order chi connectivity index (χ0) is 25.5. The number of allylic oxidation sites excluding steroid dienone is 1. The Morgan fingerprint density at radius 2 is 1.70 bits per heavy atom. The van der Waals surface area contributed by atoms with Gasteiger partial charge in [0, 0.05) is 45.6 Å². The fourth-order valence-electron chi connectivity index (χ4n) is 4.47. The van der Waals surface area contributed by atoms with Gasteiger partial charge in [0.25, 0.3) is 0 Å². The van der Waals surface area contributed by atoms with E-state index in [0.29, 0.717) is 11.5 Å². The van der Waals surface area contributed by atoms with Crippen LogP contribution in [0.5, 0.6) is 0 Å². The number of aromatic amines is 2. The molecule has 0 aliphatic carbocycles. The van der Waals surface area contributed by atoms with E-state index in [1.54, 1.807) is 30.7 Å². The number of halogens is 1. The quantitative estimate of drug-likeness (QED) is 0.226. The zero-order valence-corrected chi connectivity index (χ0v) is 20.5. The zero-order valence-electron chi connectivity index (χ0n) is 20.5. The van der Waals surface area contributed by atoms with Gasteiger partial charge in [-0.1, -0.05) is 44.7 Å². The second kappa shape index (κ2) is 9.02. The summed E-state index contributed by atoms with van der Waals surface area (Å²) in [6.45, 7) is 8.29. The van der Waals surface area contributed by atoms with Gasteiger partial charge in [-0.15, -0.1) is 0 Å². The van der Waals surface area contributed by atoms with Crippen molar-refractivity contribution in [1.29, 1.82) is 0 Å². The molecule has 7 heteroatoms. The first-order valence-corrected chi connectivity index (χ1v) is 12.1. The molecule has 0 saturated carbocycles. The number of nitrogens with one attached hydrogen (secondary N) is 3. The predicted molar refractivity (Wildman–Crippen MR) is 147 cm³/mol. The van der Waals surface area contributed by atoms with Gasteiger partial charge < -0.3 is 10.3 Å². The second-order valence-electron chi connectivity index (χ2n) is 9.41. The van der Waals surface area contributed by atoms with Gasteiger partial charge in [0.1, 0.15) is 11.5 Å². The Balaban J connectivity index is 1.42. The molecule has 0 fully saturated rings. The smallest absolute Gasteiger partial charge is 0.131 e. The molecule has 4 heterocycles. The van der Waals surface area contributed by atoms with Crippen LogP contribution < -0.4 is 5.32 Å². The number of rotatable bonds is 6. The van der Waals surface area contributed by atoms with Crippen LogP contribution in [-0.4, -0.2) is 25.1 Å². The highest BCUT2D eigenvalue weighted by molar-refractivity contribution is 6.01. The highest BCUT2D eigenvalue weighted by Crippen LogP contribution is 2.35. The molecule has 0 spiro atoms. The number of benzene rings is 2. The summed E-state index contributed by atoms with van der Waals surface area (Å²) < 4.78 is 14.6. The first-order chi connectivity index (χ1) is 18.0. The molecule has 0 aliphatic rings. The van der Waals surface area contributed by atoms with E-state index in [1.807, 2.05) is 30.5 Å². The Hall–Kier alpha value is -4.78. The minimum atomic E-state index is -0.281. The molecule has 6 aromatic rings. The van der Waals surface area contributed by atoms with Crippen LogP contribution in [0.25, 0.3) is 55.4 Å². The summed E-state index contributed by atoms with van der Waals surface area (Å²) in [7, 11) is 0. The van der Waals surface area contributed by atoms with E-state index < -0.39 is 0 Å². The number of H-pyrrole nitrogens is 2. The number of fused-ring (bicyclic) bond motifs is 2. The highest BCUT2D eigenvalue weighted by atomic mass is 19.1. The van der Waals surface area contributed by atoms with E-state index in [1.165, 1.54) is 6.07 Å². The van der Waals surface area contributed by atoms with Crippen LogP contribution in [0.1, 0.15) is 13.8 Å². The van der Waals surface area contributed by atoms with Crippen LogP contribution in [0.15, 0.2) is 91.7 Å². The lowest BCUT2D eigenvalue weighted by atomic mass is 10.0. The van der Waals surface area contributed by atoms with E-state index in [9.17, 15) is 4.39 Å². The van der Waals surface area contributed by atoms with Crippen molar-refractivity contribution in [2.75, 3.05) is 5.32 Å². The van der Waals surface area contributed by atoms with E-state index in [0.717, 1.165) is 61.3 Å². The SMILES string of the molecule is C=C(Nc1cncc(-c2ccc3[nH]nc(-c4cc5c(-c6ccccc6F)cncc5[nH]4)c3c2)c1)C(C)C. The molecule has 0 amide bonds. The number of aromatic nitrogens is 5. The maximum absolute atomic E-state index is 14.6. The molecule has 6 nitrogen and oxygen atoms in total. The molecule has 0 saturated heterocycles. The van der Waals surface area contributed by atoms with Crippen molar-refractivity contribution in [1.82, 2.24) is 25.1 Å². The molecule has 0 atom stereocenters. The summed E-state index contributed by atoms with van der Waals surface area (Å²) in [5, 5.41) is 12.9. The second-order valence-corrected chi connectivity index (χ2v) is 9.41. The average molecular weight is 489 g/mol. The van der Waals surface area contributed by atoms with Crippen molar-refractivity contribution in [2.24, 2.45) is 5.92 Å². The third kappa shape index (κ3) is 4.14. The molecule has 0 aliphatic heterocycles. The summed E-state index contributed by atoms with van der Waals surface area (Å²) in [4.78, 5) is 12.2. The summed E-state index contributed by atoms with van der Waals surface area (Å²) in [5.41, 5.74) is 8.43. The molecule has 0 bridgehead atoms. The van der Waals surface area contributed by atoms with Gasteiger partial charge in [0.15, 0.2) is 0 Å². The third-order valence-corrected chi connectivity index (χ3v) is 6.60. The van der Waals surface area contributed by atoms with Gasteiger partial charge in [-0.2, -0.15) is 5.10 Å². The monoisotopic (exact) mass is 488 g/mol. The Morgan fingerprint density at radius 1 is 0.865 bits per heavy atom. The van der Waals surface area contributed by atoms with E-state index in [-0.39, 0.29) is 5.82 Å². The Labute approximate surface area is 213 Å². The van der Waals surface area contributed by atoms with Gasteiger partial charge in [-0.3, -0.25) is 15.1 Å². The van der Waals surface area contributed by atoms with Gasteiger partial charge in [-0.25, -0.2) is 4.39 Å². The molecule has 182 valence electrons. The molecule has 4 aromatic heterocycles. The highest BCUT2D eigenvalue weighted by Gasteiger charge is 2.16. The van der Waals surface area contributed by atoms with Crippen LogP contribution in [-0.2, 0) is 0 Å². The predicted octanol–water partition coefficient (Wildman–Crippen LogP) is 7.56. The van der Waals surface area contributed by atoms with Gasteiger partial charge in [0.2, 0.25) is 0 Å². The van der Waals surface area contributed by atoms with Crippen molar-refractivity contribution >= 4 is 27.5 Å². The normalized spacial score (nSPS) is 11.5. The largest absolute Gasteiger partial charge is 0.358 e. The summed E-state index contributed by atoms with van der Waals surface area (Å²) >= 11 is 0. The third-order valence-electron chi connectivity index (χ3n) is 6.60. The maximum Gasteiger partial charge on any atom is 0.131 e. The lowest BCUT2D eigenvalue weighted by molar-refractivity contribution is 0.631. The average Bonchev–Trinajstić information content (AvgIpc) is 3.53. The molecule has 37 heavy (non-hydrogen) atoms. The lowest BCUT2D eigenvalue weighted by Gasteiger charge is -2.13. The van der Waals surface area contributed by atoms with Crippen molar-refractivity contribution in [2.45, 2.75) is 13.8 Å². The van der Waals surface area contributed by atoms with E-state index in [2.05, 4.69) is 63.0 Å². The lowest BCUT2D eigenvalue weighted by Crippen LogP contribution is -2.04. The molecule has 6 rings (SSSR count). The van der Waals surface area contributed by atoms with Gasteiger partial charge >= 0.3 is 0 Å². The number of hydrogen-bond acceptors (Lipinski definition) is 4. The number of pyridine rings is 2. The topological polar surface area (TPSA) is 82.3 Å². The van der Waals surface area contributed by atoms with E-state index >= 15 is 0 Å². The fourth-order valence-corrected chi connectivity index (χ4v) is 4.47. The Bertz CT molecular complexity index is 1780. The summed E-state index contributed by atoms with van der Waals surface area (Å²) in [6, 6.07) is 17.0. The Morgan fingerprint density at radius 3 is 2.54 bits per heavy atom. The minimum Gasteiger partial charge on any atom is -0.358 e. The first-order valence-electron chi connectivity index (χ1n) is 12.1. The van der Waals surface area contributed by atoms with Crippen LogP contribution in [0.3, 0.4) is 0 Å². The minimum absolute atomic E-state index is 0.281. The van der Waals surface area contributed by atoms with Crippen molar-refractivity contribution in [3.8, 4) is 33.6 Å². The van der Waals surface area contributed by atoms with Crippen LogP contribution in [0.2, 0.25) is 0 Å². The number of hydrogen-bond donors (Lipinski definition) is 3. The number of anilines is 1. The van der Waals surface area contributed by atoms with Crippen LogP contribution >= 0.6 is 0 Å².